The van der Waals surface area contributed by atoms with Gasteiger partial charge in [0.1, 0.15) is 6.04 Å². The maximum absolute atomic E-state index is 11.1. The van der Waals surface area contributed by atoms with Crippen LogP contribution in [0.3, 0.4) is 0 Å². The van der Waals surface area contributed by atoms with Crippen molar-refractivity contribution in [3.8, 4) is 0 Å². The van der Waals surface area contributed by atoms with Crippen molar-refractivity contribution in [1.82, 2.24) is 4.90 Å². The molecule has 0 aromatic rings. The van der Waals surface area contributed by atoms with Gasteiger partial charge < -0.3 is 5.11 Å². The van der Waals surface area contributed by atoms with Crippen molar-refractivity contribution < 1.29 is 9.90 Å². The third kappa shape index (κ3) is 4.04. The van der Waals surface area contributed by atoms with E-state index in [-0.39, 0.29) is 6.04 Å². The third-order valence-corrected chi connectivity index (χ3v) is 2.97. The smallest absolute Gasteiger partial charge is 0.320 e. The second-order valence-corrected chi connectivity index (χ2v) is 4.45. The molecule has 0 bridgehead atoms. The summed E-state index contributed by atoms with van der Waals surface area (Å²) in [5, 5.41) is 9.13. The van der Waals surface area contributed by atoms with Crippen LogP contribution in [0, 0.1) is 0 Å². The normalized spacial score (nSPS) is 23.4. The van der Waals surface area contributed by atoms with E-state index in [1.807, 2.05) is 6.92 Å². The molecule has 1 heterocycles. The zero-order valence-corrected chi connectivity index (χ0v) is 9.54. The minimum absolute atomic E-state index is 0.271. The summed E-state index contributed by atoms with van der Waals surface area (Å²) in [6, 6.07) is -0.271. The molecule has 0 amide bonds. The predicted octanol–water partition coefficient (Wildman–Crippen LogP) is 2.28. The molecule has 0 aromatic carbocycles. The molecule has 1 aliphatic rings. The van der Waals surface area contributed by atoms with E-state index in [0.29, 0.717) is 0 Å². The Morgan fingerprint density at radius 2 is 2.20 bits per heavy atom. The summed E-state index contributed by atoms with van der Waals surface area (Å²) >= 11 is 0. The van der Waals surface area contributed by atoms with E-state index in [4.69, 9.17) is 5.11 Å². The molecule has 1 unspecified atom stereocenters. The van der Waals surface area contributed by atoms with Crippen molar-refractivity contribution in [2.24, 2.45) is 0 Å². The fraction of sp³-hybridized carbons (Fsp3) is 0.750. The Bertz CT molecular complexity index is 238. The van der Waals surface area contributed by atoms with Crippen LogP contribution in [0.1, 0.15) is 39.0 Å². The van der Waals surface area contributed by atoms with Gasteiger partial charge in [0.15, 0.2) is 0 Å². The number of hydrogen-bond acceptors (Lipinski definition) is 2. The number of hydrogen-bond donors (Lipinski definition) is 1. The monoisotopic (exact) mass is 211 g/mol. The standard InChI is InChI=1S/C12H21NO2/c1-10(2)7-9-13-8-5-3-4-6-11(13)12(14)15/h11H,1,3-9H2,2H3,(H,14,15). The number of rotatable bonds is 4. The Morgan fingerprint density at radius 3 is 2.80 bits per heavy atom. The molecule has 1 atom stereocenters. The number of carboxylic acids is 1. The first-order chi connectivity index (χ1) is 7.11. The van der Waals surface area contributed by atoms with Gasteiger partial charge in [-0.15, -0.1) is 6.58 Å². The fourth-order valence-electron chi connectivity index (χ4n) is 2.05. The van der Waals surface area contributed by atoms with E-state index in [1.165, 1.54) is 0 Å². The van der Waals surface area contributed by atoms with Gasteiger partial charge in [-0.1, -0.05) is 18.4 Å². The first-order valence-electron chi connectivity index (χ1n) is 5.72. The first-order valence-corrected chi connectivity index (χ1v) is 5.72. The zero-order chi connectivity index (χ0) is 11.3. The maximum atomic E-state index is 11.1. The highest BCUT2D eigenvalue weighted by atomic mass is 16.4. The van der Waals surface area contributed by atoms with E-state index in [2.05, 4.69) is 11.5 Å². The van der Waals surface area contributed by atoms with Crippen LogP contribution in [0.4, 0.5) is 0 Å². The second kappa shape index (κ2) is 5.91. The van der Waals surface area contributed by atoms with Crippen molar-refractivity contribution >= 4 is 5.97 Å². The van der Waals surface area contributed by atoms with E-state index in [9.17, 15) is 4.79 Å². The van der Waals surface area contributed by atoms with Crippen molar-refractivity contribution in [2.75, 3.05) is 13.1 Å². The summed E-state index contributed by atoms with van der Waals surface area (Å²) in [7, 11) is 0. The van der Waals surface area contributed by atoms with Crippen LogP contribution in [0.5, 0.6) is 0 Å². The van der Waals surface area contributed by atoms with E-state index in [1.54, 1.807) is 0 Å². The molecule has 15 heavy (non-hydrogen) atoms. The van der Waals surface area contributed by atoms with Crippen molar-refractivity contribution in [3.05, 3.63) is 12.2 Å². The minimum atomic E-state index is -0.668. The van der Waals surface area contributed by atoms with Crippen LogP contribution in [0.2, 0.25) is 0 Å². The summed E-state index contributed by atoms with van der Waals surface area (Å²) in [5.74, 6) is -0.668. The lowest BCUT2D eigenvalue weighted by Crippen LogP contribution is -2.41. The Morgan fingerprint density at radius 1 is 1.47 bits per heavy atom. The molecule has 3 nitrogen and oxygen atoms in total. The minimum Gasteiger partial charge on any atom is -0.480 e. The molecule has 1 aliphatic heterocycles. The summed E-state index contributed by atoms with van der Waals surface area (Å²) in [6.07, 6.45) is 5.03. The SMILES string of the molecule is C=C(C)CCN1CCCCCC1C(=O)O. The topological polar surface area (TPSA) is 40.5 Å². The second-order valence-electron chi connectivity index (χ2n) is 4.45. The Balaban J connectivity index is 2.54. The lowest BCUT2D eigenvalue weighted by molar-refractivity contribution is -0.143. The molecular weight excluding hydrogens is 190 g/mol. The molecule has 0 saturated carbocycles. The Kier molecular flexibility index (Phi) is 4.82. The highest BCUT2D eigenvalue weighted by Crippen LogP contribution is 2.17. The van der Waals surface area contributed by atoms with Gasteiger partial charge in [-0.3, -0.25) is 9.69 Å². The number of carboxylic acid groups (broad SMARTS) is 1. The highest BCUT2D eigenvalue weighted by Gasteiger charge is 2.26. The highest BCUT2D eigenvalue weighted by molar-refractivity contribution is 5.73. The van der Waals surface area contributed by atoms with Crippen LogP contribution >= 0.6 is 0 Å². The molecular formula is C12H21NO2. The van der Waals surface area contributed by atoms with Gasteiger partial charge in [-0.25, -0.2) is 0 Å². The molecule has 86 valence electrons. The maximum Gasteiger partial charge on any atom is 0.320 e. The largest absolute Gasteiger partial charge is 0.480 e. The lowest BCUT2D eigenvalue weighted by atomic mass is 10.1. The van der Waals surface area contributed by atoms with Gasteiger partial charge in [0.05, 0.1) is 0 Å². The van der Waals surface area contributed by atoms with Crippen LogP contribution in [-0.4, -0.2) is 35.1 Å². The van der Waals surface area contributed by atoms with Crippen molar-refractivity contribution in [3.63, 3.8) is 0 Å². The van der Waals surface area contributed by atoms with Crippen LogP contribution in [0.25, 0.3) is 0 Å². The number of carbonyl (C=O) groups is 1. The Labute approximate surface area is 91.8 Å². The quantitative estimate of drug-likeness (QED) is 0.725. The number of likely N-dealkylation sites (tertiary alicyclic amines) is 1. The third-order valence-electron chi connectivity index (χ3n) is 2.97. The molecule has 1 N–H and O–H groups in total. The Hall–Kier alpha value is -0.830. The van der Waals surface area contributed by atoms with E-state index in [0.717, 1.165) is 50.8 Å². The van der Waals surface area contributed by atoms with Gasteiger partial charge in [-0.2, -0.15) is 0 Å². The summed E-state index contributed by atoms with van der Waals surface area (Å²) in [5.41, 5.74) is 1.13. The molecule has 0 radical (unpaired) electrons. The molecule has 0 aromatic heterocycles. The summed E-state index contributed by atoms with van der Waals surface area (Å²) in [4.78, 5) is 13.2. The van der Waals surface area contributed by atoms with Gasteiger partial charge >= 0.3 is 5.97 Å². The molecule has 0 aliphatic carbocycles. The zero-order valence-electron chi connectivity index (χ0n) is 9.54. The summed E-state index contributed by atoms with van der Waals surface area (Å²) < 4.78 is 0. The van der Waals surface area contributed by atoms with Crippen molar-refractivity contribution in [1.29, 1.82) is 0 Å². The number of aliphatic carboxylic acids is 1. The van der Waals surface area contributed by atoms with Gasteiger partial charge in [-0.05, 0) is 32.7 Å². The first kappa shape index (κ1) is 12.2. The van der Waals surface area contributed by atoms with Crippen LogP contribution in [0.15, 0.2) is 12.2 Å². The molecule has 1 fully saturated rings. The van der Waals surface area contributed by atoms with Crippen LogP contribution < -0.4 is 0 Å². The average Bonchev–Trinajstić information content (AvgIpc) is 2.39. The fourth-order valence-corrected chi connectivity index (χ4v) is 2.05. The predicted molar refractivity (Wildman–Crippen MR) is 60.9 cm³/mol. The van der Waals surface area contributed by atoms with Gasteiger partial charge in [0, 0.05) is 6.54 Å². The van der Waals surface area contributed by atoms with Gasteiger partial charge in [0.25, 0.3) is 0 Å². The van der Waals surface area contributed by atoms with Gasteiger partial charge in [0.2, 0.25) is 0 Å². The summed E-state index contributed by atoms with van der Waals surface area (Å²) in [6.45, 7) is 7.61. The van der Waals surface area contributed by atoms with Crippen LogP contribution in [-0.2, 0) is 4.79 Å². The van der Waals surface area contributed by atoms with E-state index < -0.39 is 5.97 Å². The average molecular weight is 211 g/mol. The molecule has 1 saturated heterocycles. The molecule has 3 heteroatoms. The van der Waals surface area contributed by atoms with E-state index >= 15 is 0 Å². The molecule has 1 rings (SSSR count). The molecule has 0 spiro atoms. The lowest BCUT2D eigenvalue weighted by Gasteiger charge is -2.26. The van der Waals surface area contributed by atoms with Crippen molar-refractivity contribution in [2.45, 2.75) is 45.1 Å². The number of nitrogens with zero attached hydrogens (tertiary/aromatic N) is 1.